The van der Waals surface area contributed by atoms with Gasteiger partial charge in [0.1, 0.15) is 0 Å². The number of carbonyl (C=O) groups is 1. The lowest BCUT2D eigenvalue weighted by Gasteiger charge is -2.05. The van der Waals surface area contributed by atoms with Crippen molar-refractivity contribution in [1.29, 1.82) is 0 Å². The molecule has 1 aromatic carbocycles. The van der Waals surface area contributed by atoms with Gasteiger partial charge in [0.2, 0.25) is 5.91 Å². The maximum atomic E-state index is 13.0. The first-order chi connectivity index (χ1) is 10.1. The Morgan fingerprint density at radius 3 is 2.71 bits per heavy atom. The molecule has 1 heterocycles. The molecule has 2 rings (SSSR count). The molecular formula is C15H15F2N3O. The van der Waals surface area contributed by atoms with E-state index < -0.39 is 11.6 Å². The highest BCUT2D eigenvalue weighted by Crippen LogP contribution is 2.10. The van der Waals surface area contributed by atoms with Crippen LogP contribution in [0, 0.1) is 11.6 Å². The first-order valence-electron chi connectivity index (χ1n) is 6.60. The fourth-order valence-electron chi connectivity index (χ4n) is 1.83. The molecule has 0 aliphatic carbocycles. The molecule has 0 unspecified atom stereocenters. The van der Waals surface area contributed by atoms with Crippen LogP contribution in [-0.2, 0) is 17.6 Å². The summed E-state index contributed by atoms with van der Waals surface area (Å²) in [5.41, 5.74) is 1.40. The summed E-state index contributed by atoms with van der Waals surface area (Å²) in [4.78, 5) is 19.7. The summed E-state index contributed by atoms with van der Waals surface area (Å²) in [7, 11) is 0. The molecule has 1 aromatic heterocycles. The predicted molar refractivity (Wildman–Crippen MR) is 73.4 cm³/mol. The average molecular weight is 291 g/mol. The third kappa shape index (κ3) is 4.91. The van der Waals surface area contributed by atoms with Gasteiger partial charge in [0.05, 0.1) is 5.69 Å². The molecule has 0 bridgehead atoms. The molecule has 0 aliphatic rings. The van der Waals surface area contributed by atoms with Gasteiger partial charge in [0.25, 0.3) is 0 Å². The van der Waals surface area contributed by atoms with E-state index in [1.165, 1.54) is 6.07 Å². The van der Waals surface area contributed by atoms with E-state index in [1.54, 1.807) is 18.6 Å². The standard InChI is InChI=1S/C15H15F2N3O/c16-13-3-1-11(9-14(13)17)2-4-15(21)20-6-5-12-10-18-7-8-19-12/h1,3,7-10H,2,4-6H2,(H,20,21). The van der Waals surface area contributed by atoms with Crippen LogP contribution in [0.15, 0.2) is 36.8 Å². The molecule has 0 saturated heterocycles. The summed E-state index contributed by atoms with van der Waals surface area (Å²) in [5.74, 6) is -1.91. The van der Waals surface area contributed by atoms with Crippen LogP contribution in [0.3, 0.4) is 0 Å². The Morgan fingerprint density at radius 1 is 1.14 bits per heavy atom. The largest absolute Gasteiger partial charge is 0.356 e. The first-order valence-corrected chi connectivity index (χ1v) is 6.60. The van der Waals surface area contributed by atoms with Gasteiger partial charge in [-0.25, -0.2) is 8.78 Å². The fourth-order valence-corrected chi connectivity index (χ4v) is 1.83. The van der Waals surface area contributed by atoms with Gasteiger partial charge in [-0.15, -0.1) is 0 Å². The number of benzene rings is 1. The zero-order chi connectivity index (χ0) is 15.1. The molecule has 6 heteroatoms. The van der Waals surface area contributed by atoms with Gasteiger partial charge in [0.15, 0.2) is 11.6 Å². The van der Waals surface area contributed by atoms with Crippen LogP contribution in [0.2, 0.25) is 0 Å². The Balaban J connectivity index is 1.71. The Kier molecular flexibility index (Phi) is 5.31. The number of carbonyl (C=O) groups excluding carboxylic acids is 1. The van der Waals surface area contributed by atoms with Crippen molar-refractivity contribution in [3.05, 3.63) is 59.7 Å². The molecule has 0 saturated carbocycles. The number of amides is 1. The number of rotatable bonds is 6. The summed E-state index contributed by atoms with van der Waals surface area (Å²) in [6.07, 6.45) is 6.03. The van der Waals surface area contributed by atoms with Crippen LogP contribution in [0.4, 0.5) is 8.78 Å². The molecule has 110 valence electrons. The van der Waals surface area contributed by atoms with E-state index >= 15 is 0 Å². The van der Waals surface area contributed by atoms with Crippen molar-refractivity contribution in [1.82, 2.24) is 15.3 Å². The normalized spacial score (nSPS) is 10.4. The summed E-state index contributed by atoms with van der Waals surface area (Å²) in [6.45, 7) is 0.468. The molecule has 0 aliphatic heterocycles. The Hall–Kier alpha value is -2.37. The van der Waals surface area contributed by atoms with Crippen molar-refractivity contribution in [2.75, 3.05) is 6.54 Å². The van der Waals surface area contributed by atoms with Crippen molar-refractivity contribution in [2.24, 2.45) is 0 Å². The van der Waals surface area contributed by atoms with Crippen LogP contribution >= 0.6 is 0 Å². The van der Waals surface area contributed by atoms with Crippen molar-refractivity contribution >= 4 is 5.91 Å². The molecule has 2 aromatic rings. The van der Waals surface area contributed by atoms with Gasteiger partial charge in [-0.1, -0.05) is 6.07 Å². The third-order valence-electron chi connectivity index (χ3n) is 2.94. The van der Waals surface area contributed by atoms with E-state index in [2.05, 4.69) is 15.3 Å². The molecule has 0 atom stereocenters. The molecule has 4 nitrogen and oxygen atoms in total. The van der Waals surface area contributed by atoms with Crippen molar-refractivity contribution < 1.29 is 13.6 Å². The highest BCUT2D eigenvalue weighted by molar-refractivity contribution is 5.76. The molecule has 1 amide bonds. The number of halogens is 2. The van der Waals surface area contributed by atoms with Crippen LogP contribution in [0.1, 0.15) is 17.7 Å². The molecular weight excluding hydrogens is 276 g/mol. The molecule has 21 heavy (non-hydrogen) atoms. The minimum absolute atomic E-state index is 0.136. The minimum atomic E-state index is -0.893. The third-order valence-corrected chi connectivity index (χ3v) is 2.94. The Bertz CT molecular complexity index is 605. The van der Waals surface area contributed by atoms with Crippen molar-refractivity contribution in [3.8, 4) is 0 Å². The van der Waals surface area contributed by atoms with Gasteiger partial charge in [-0.2, -0.15) is 0 Å². The maximum Gasteiger partial charge on any atom is 0.220 e. The second-order valence-corrected chi connectivity index (χ2v) is 4.55. The number of nitrogens with zero attached hydrogens (tertiary/aromatic N) is 2. The lowest BCUT2D eigenvalue weighted by atomic mass is 10.1. The minimum Gasteiger partial charge on any atom is -0.356 e. The molecule has 1 N–H and O–H groups in total. The number of nitrogens with one attached hydrogen (secondary N) is 1. The first kappa shape index (κ1) is 15.0. The Labute approximate surface area is 121 Å². The zero-order valence-electron chi connectivity index (χ0n) is 11.4. The highest BCUT2D eigenvalue weighted by atomic mass is 19.2. The predicted octanol–water partition coefficient (Wildman–Crippen LogP) is 2.05. The summed E-state index contributed by atoms with van der Waals surface area (Å²) < 4.78 is 25.8. The van der Waals surface area contributed by atoms with Gasteiger partial charge >= 0.3 is 0 Å². The van der Waals surface area contributed by atoms with Gasteiger partial charge < -0.3 is 5.32 Å². The fraction of sp³-hybridized carbons (Fsp3) is 0.267. The lowest BCUT2D eigenvalue weighted by molar-refractivity contribution is -0.121. The highest BCUT2D eigenvalue weighted by Gasteiger charge is 2.05. The van der Waals surface area contributed by atoms with Crippen LogP contribution in [-0.4, -0.2) is 22.4 Å². The zero-order valence-corrected chi connectivity index (χ0v) is 11.4. The van der Waals surface area contributed by atoms with Crippen LogP contribution < -0.4 is 5.32 Å². The number of hydrogen-bond acceptors (Lipinski definition) is 3. The van der Waals surface area contributed by atoms with E-state index in [1.807, 2.05) is 0 Å². The molecule has 0 radical (unpaired) electrons. The Morgan fingerprint density at radius 2 is 2.00 bits per heavy atom. The smallest absolute Gasteiger partial charge is 0.220 e. The van der Waals surface area contributed by atoms with Gasteiger partial charge in [-0.3, -0.25) is 14.8 Å². The number of aromatic nitrogens is 2. The van der Waals surface area contributed by atoms with E-state index in [-0.39, 0.29) is 12.3 Å². The van der Waals surface area contributed by atoms with E-state index in [9.17, 15) is 13.6 Å². The van der Waals surface area contributed by atoms with E-state index in [0.717, 1.165) is 17.8 Å². The van der Waals surface area contributed by atoms with E-state index in [4.69, 9.17) is 0 Å². The monoisotopic (exact) mass is 291 g/mol. The van der Waals surface area contributed by atoms with E-state index in [0.29, 0.717) is 24.9 Å². The summed E-state index contributed by atoms with van der Waals surface area (Å²) >= 11 is 0. The maximum absolute atomic E-state index is 13.0. The summed E-state index contributed by atoms with van der Waals surface area (Å²) in [6, 6.07) is 3.66. The van der Waals surface area contributed by atoms with Crippen molar-refractivity contribution in [2.45, 2.75) is 19.3 Å². The second-order valence-electron chi connectivity index (χ2n) is 4.55. The second kappa shape index (κ2) is 7.42. The lowest BCUT2D eigenvalue weighted by Crippen LogP contribution is -2.26. The van der Waals surface area contributed by atoms with Crippen LogP contribution in [0.25, 0.3) is 0 Å². The molecule has 0 spiro atoms. The van der Waals surface area contributed by atoms with Crippen molar-refractivity contribution in [3.63, 3.8) is 0 Å². The number of hydrogen-bond donors (Lipinski definition) is 1. The quantitative estimate of drug-likeness (QED) is 0.886. The average Bonchev–Trinajstić information content (AvgIpc) is 2.49. The van der Waals surface area contributed by atoms with Crippen LogP contribution in [0.5, 0.6) is 0 Å². The topological polar surface area (TPSA) is 54.9 Å². The molecule has 0 fully saturated rings. The van der Waals surface area contributed by atoms with Gasteiger partial charge in [-0.05, 0) is 24.1 Å². The SMILES string of the molecule is O=C(CCc1ccc(F)c(F)c1)NCCc1cnccn1. The summed E-state index contributed by atoms with van der Waals surface area (Å²) in [5, 5.41) is 2.75. The van der Waals surface area contributed by atoms with Gasteiger partial charge in [0, 0.05) is 38.0 Å². The number of aryl methyl sites for hydroxylation is 1.